The zero-order valence-corrected chi connectivity index (χ0v) is 13.2. The van der Waals surface area contributed by atoms with Gasteiger partial charge in [0, 0.05) is 17.3 Å². The number of carboxylic acids is 1. The second-order valence-corrected chi connectivity index (χ2v) is 7.15. The third-order valence-electron chi connectivity index (χ3n) is 2.73. The standard InChI is InChI=1S/C14H24N2O2S/c1-9(2)6-11(12(17)18)15-7-10-8-19-13(16-10)14(3,4)5/h8-9,11,15H,6-7H2,1-5H3,(H,17,18). The van der Waals surface area contributed by atoms with Gasteiger partial charge in [0.25, 0.3) is 0 Å². The van der Waals surface area contributed by atoms with E-state index in [1.54, 1.807) is 11.3 Å². The van der Waals surface area contributed by atoms with Crippen molar-refractivity contribution < 1.29 is 9.90 Å². The molecule has 1 rings (SSSR count). The highest BCUT2D eigenvalue weighted by atomic mass is 32.1. The van der Waals surface area contributed by atoms with Crippen LogP contribution in [-0.4, -0.2) is 22.1 Å². The molecule has 1 heterocycles. The molecule has 19 heavy (non-hydrogen) atoms. The van der Waals surface area contributed by atoms with Crippen LogP contribution in [-0.2, 0) is 16.8 Å². The summed E-state index contributed by atoms with van der Waals surface area (Å²) >= 11 is 1.63. The predicted molar refractivity (Wildman–Crippen MR) is 78.5 cm³/mol. The number of thiazole rings is 1. The molecule has 1 aromatic rings. The highest BCUT2D eigenvalue weighted by Gasteiger charge is 2.20. The van der Waals surface area contributed by atoms with Crippen molar-refractivity contribution in [1.82, 2.24) is 10.3 Å². The molecule has 0 aliphatic heterocycles. The zero-order chi connectivity index (χ0) is 14.6. The molecular weight excluding hydrogens is 260 g/mol. The Morgan fingerprint density at radius 3 is 2.53 bits per heavy atom. The molecule has 0 radical (unpaired) electrons. The number of aliphatic carboxylic acids is 1. The molecule has 0 amide bonds. The molecular formula is C14H24N2O2S. The van der Waals surface area contributed by atoms with Gasteiger partial charge in [0.15, 0.2) is 0 Å². The molecule has 1 aromatic heterocycles. The molecule has 0 bridgehead atoms. The van der Waals surface area contributed by atoms with E-state index in [-0.39, 0.29) is 5.41 Å². The molecule has 0 spiro atoms. The fraction of sp³-hybridized carbons (Fsp3) is 0.714. The molecule has 4 nitrogen and oxygen atoms in total. The van der Waals surface area contributed by atoms with Gasteiger partial charge in [-0.05, 0) is 12.3 Å². The zero-order valence-electron chi connectivity index (χ0n) is 12.4. The summed E-state index contributed by atoms with van der Waals surface area (Å²) in [6.07, 6.45) is 0.631. The minimum absolute atomic E-state index is 0.0487. The van der Waals surface area contributed by atoms with Crippen LogP contribution in [0.2, 0.25) is 0 Å². The van der Waals surface area contributed by atoms with Gasteiger partial charge in [-0.3, -0.25) is 10.1 Å². The molecule has 0 aromatic carbocycles. The van der Waals surface area contributed by atoms with E-state index in [0.717, 1.165) is 10.7 Å². The van der Waals surface area contributed by atoms with Gasteiger partial charge in [-0.2, -0.15) is 0 Å². The minimum atomic E-state index is -0.792. The summed E-state index contributed by atoms with van der Waals surface area (Å²) in [6, 6.07) is -0.500. The number of hydrogen-bond donors (Lipinski definition) is 2. The lowest BCUT2D eigenvalue weighted by molar-refractivity contribution is -0.140. The maximum absolute atomic E-state index is 11.1. The number of hydrogen-bond acceptors (Lipinski definition) is 4. The van der Waals surface area contributed by atoms with Crippen molar-refractivity contribution in [3.8, 4) is 0 Å². The maximum atomic E-state index is 11.1. The Morgan fingerprint density at radius 1 is 1.47 bits per heavy atom. The third-order valence-corrected chi connectivity index (χ3v) is 4.04. The van der Waals surface area contributed by atoms with Crippen LogP contribution in [0.1, 0.15) is 51.7 Å². The predicted octanol–water partition coefficient (Wildman–Crippen LogP) is 3.03. The van der Waals surface area contributed by atoms with E-state index in [1.807, 2.05) is 19.2 Å². The summed E-state index contributed by atoms with van der Waals surface area (Å²) in [6.45, 7) is 10.9. The molecule has 0 fully saturated rings. The first-order valence-electron chi connectivity index (χ1n) is 6.61. The number of nitrogens with one attached hydrogen (secondary N) is 1. The lowest BCUT2D eigenvalue weighted by Crippen LogP contribution is -2.37. The summed E-state index contributed by atoms with van der Waals surface area (Å²) in [4.78, 5) is 15.7. The second kappa shape index (κ2) is 6.48. The van der Waals surface area contributed by atoms with Crippen LogP contribution in [0.4, 0.5) is 0 Å². The second-order valence-electron chi connectivity index (χ2n) is 6.30. The van der Waals surface area contributed by atoms with Gasteiger partial charge in [0.1, 0.15) is 6.04 Å². The largest absolute Gasteiger partial charge is 0.480 e. The van der Waals surface area contributed by atoms with Crippen molar-refractivity contribution in [2.75, 3.05) is 0 Å². The summed E-state index contributed by atoms with van der Waals surface area (Å²) < 4.78 is 0. The van der Waals surface area contributed by atoms with Gasteiger partial charge >= 0.3 is 5.97 Å². The van der Waals surface area contributed by atoms with Crippen LogP contribution in [0.25, 0.3) is 0 Å². The molecule has 5 heteroatoms. The van der Waals surface area contributed by atoms with E-state index in [2.05, 4.69) is 31.1 Å². The van der Waals surface area contributed by atoms with Gasteiger partial charge < -0.3 is 5.11 Å². The summed E-state index contributed by atoms with van der Waals surface area (Å²) in [5.41, 5.74) is 0.970. The average Bonchev–Trinajstić information content (AvgIpc) is 2.71. The Kier molecular flexibility index (Phi) is 5.50. The number of nitrogens with zero attached hydrogens (tertiary/aromatic N) is 1. The van der Waals surface area contributed by atoms with E-state index < -0.39 is 12.0 Å². The molecule has 0 aliphatic carbocycles. The Balaban J connectivity index is 2.60. The summed E-state index contributed by atoms with van der Waals surface area (Å²) in [5, 5.41) is 15.3. The monoisotopic (exact) mass is 284 g/mol. The summed E-state index contributed by atoms with van der Waals surface area (Å²) in [5.74, 6) is -0.436. The van der Waals surface area contributed by atoms with Gasteiger partial charge in [-0.1, -0.05) is 34.6 Å². The lowest BCUT2D eigenvalue weighted by Gasteiger charge is -2.16. The van der Waals surface area contributed by atoms with Gasteiger partial charge in [0.2, 0.25) is 0 Å². The van der Waals surface area contributed by atoms with E-state index in [4.69, 9.17) is 5.11 Å². The molecule has 108 valence electrons. The maximum Gasteiger partial charge on any atom is 0.320 e. The van der Waals surface area contributed by atoms with Crippen LogP contribution >= 0.6 is 11.3 Å². The quantitative estimate of drug-likeness (QED) is 0.843. The summed E-state index contributed by atoms with van der Waals surface area (Å²) in [7, 11) is 0. The highest BCUT2D eigenvalue weighted by Crippen LogP contribution is 2.25. The molecule has 0 aliphatic rings. The number of rotatable bonds is 6. The fourth-order valence-electron chi connectivity index (χ4n) is 1.70. The smallest absolute Gasteiger partial charge is 0.320 e. The number of aromatic nitrogens is 1. The fourth-order valence-corrected chi connectivity index (χ4v) is 2.61. The molecule has 1 atom stereocenters. The topological polar surface area (TPSA) is 62.2 Å². The number of carboxylic acid groups (broad SMARTS) is 1. The first kappa shape index (κ1) is 16.1. The molecule has 0 saturated heterocycles. The van der Waals surface area contributed by atoms with Crippen LogP contribution in [0.15, 0.2) is 5.38 Å². The Labute approximate surface area is 119 Å². The van der Waals surface area contributed by atoms with E-state index >= 15 is 0 Å². The van der Waals surface area contributed by atoms with Crippen molar-refractivity contribution in [2.24, 2.45) is 5.92 Å². The Bertz CT molecular complexity index is 421. The Hall–Kier alpha value is -0.940. The molecule has 0 saturated carbocycles. The average molecular weight is 284 g/mol. The van der Waals surface area contributed by atoms with Crippen molar-refractivity contribution >= 4 is 17.3 Å². The Morgan fingerprint density at radius 2 is 2.11 bits per heavy atom. The van der Waals surface area contributed by atoms with Gasteiger partial charge in [-0.25, -0.2) is 4.98 Å². The van der Waals surface area contributed by atoms with Crippen LogP contribution in [0.3, 0.4) is 0 Å². The SMILES string of the molecule is CC(C)CC(NCc1csc(C(C)(C)C)n1)C(=O)O. The normalized spacial score (nSPS) is 13.8. The molecule has 2 N–H and O–H groups in total. The van der Waals surface area contributed by atoms with Crippen molar-refractivity contribution in [1.29, 1.82) is 0 Å². The highest BCUT2D eigenvalue weighted by molar-refractivity contribution is 7.09. The first-order chi connectivity index (χ1) is 8.70. The van der Waals surface area contributed by atoms with Crippen molar-refractivity contribution in [3.05, 3.63) is 16.1 Å². The number of carbonyl (C=O) groups is 1. The van der Waals surface area contributed by atoms with Gasteiger partial charge in [-0.15, -0.1) is 11.3 Å². The van der Waals surface area contributed by atoms with Gasteiger partial charge in [0.05, 0.1) is 10.7 Å². The van der Waals surface area contributed by atoms with E-state index in [9.17, 15) is 4.79 Å². The van der Waals surface area contributed by atoms with Crippen LogP contribution in [0.5, 0.6) is 0 Å². The van der Waals surface area contributed by atoms with E-state index in [1.165, 1.54) is 0 Å². The van der Waals surface area contributed by atoms with E-state index in [0.29, 0.717) is 18.9 Å². The lowest BCUT2D eigenvalue weighted by atomic mass is 9.98. The van der Waals surface area contributed by atoms with Crippen molar-refractivity contribution in [2.45, 2.75) is 59.0 Å². The van der Waals surface area contributed by atoms with Crippen LogP contribution in [0, 0.1) is 5.92 Å². The minimum Gasteiger partial charge on any atom is -0.480 e. The van der Waals surface area contributed by atoms with Crippen molar-refractivity contribution in [3.63, 3.8) is 0 Å². The van der Waals surface area contributed by atoms with Crippen LogP contribution < -0.4 is 5.32 Å². The molecule has 1 unspecified atom stereocenters. The third kappa shape index (κ3) is 5.28. The first-order valence-corrected chi connectivity index (χ1v) is 7.49.